The fourth-order valence-electron chi connectivity index (χ4n) is 2.57. The highest BCUT2D eigenvalue weighted by molar-refractivity contribution is 5.82. The summed E-state index contributed by atoms with van der Waals surface area (Å²) in [6, 6.07) is 9.09. The summed E-state index contributed by atoms with van der Waals surface area (Å²) < 4.78 is 0. The van der Waals surface area contributed by atoms with Crippen molar-refractivity contribution in [2.45, 2.75) is 38.5 Å². The van der Waals surface area contributed by atoms with Crippen LogP contribution in [0.15, 0.2) is 24.3 Å². The molecule has 1 amide bonds. The number of rotatable bonds is 5. The zero-order chi connectivity index (χ0) is 15.2. The molecule has 112 valence electrons. The van der Waals surface area contributed by atoms with Crippen molar-refractivity contribution >= 4 is 5.91 Å². The number of nitrogens with zero attached hydrogens (tertiary/aromatic N) is 2. The summed E-state index contributed by atoms with van der Waals surface area (Å²) in [5, 5.41) is 21.4. The van der Waals surface area contributed by atoms with Crippen LogP contribution in [-0.4, -0.2) is 41.1 Å². The van der Waals surface area contributed by atoms with E-state index in [1.807, 2.05) is 24.0 Å². The first-order chi connectivity index (χ1) is 10.1. The predicted octanol–water partition coefficient (Wildman–Crippen LogP) is 1.02. The van der Waals surface area contributed by atoms with Crippen molar-refractivity contribution in [3.63, 3.8) is 0 Å². The normalized spacial score (nSPS) is 21.0. The van der Waals surface area contributed by atoms with E-state index in [0.29, 0.717) is 31.6 Å². The smallest absolute Gasteiger partial charge is 0.240 e. The van der Waals surface area contributed by atoms with E-state index in [-0.39, 0.29) is 11.9 Å². The summed E-state index contributed by atoms with van der Waals surface area (Å²) >= 11 is 0. The van der Waals surface area contributed by atoms with Gasteiger partial charge < -0.3 is 15.3 Å². The number of carbonyl (C=O) groups excluding carboxylic acids is 1. The van der Waals surface area contributed by atoms with Gasteiger partial charge in [-0.25, -0.2) is 0 Å². The van der Waals surface area contributed by atoms with Crippen LogP contribution in [0.4, 0.5) is 0 Å². The lowest BCUT2D eigenvalue weighted by atomic mass is 10.1. The zero-order valence-electron chi connectivity index (χ0n) is 12.2. The molecule has 0 saturated carbocycles. The van der Waals surface area contributed by atoms with Crippen molar-refractivity contribution in [3.05, 3.63) is 35.4 Å². The molecule has 5 nitrogen and oxygen atoms in total. The topological polar surface area (TPSA) is 76.4 Å². The van der Waals surface area contributed by atoms with Crippen LogP contribution >= 0.6 is 0 Å². The van der Waals surface area contributed by atoms with Gasteiger partial charge in [-0.05, 0) is 30.5 Å². The molecule has 1 aliphatic rings. The molecule has 2 N–H and O–H groups in total. The second-order valence-corrected chi connectivity index (χ2v) is 5.42. The molecule has 0 spiro atoms. The Morgan fingerprint density at radius 1 is 1.48 bits per heavy atom. The Morgan fingerprint density at radius 2 is 2.19 bits per heavy atom. The minimum atomic E-state index is -0.433. The lowest BCUT2D eigenvalue weighted by Crippen LogP contribution is -2.43. The Bertz CT molecular complexity index is 521. The molecule has 1 fully saturated rings. The van der Waals surface area contributed by atoms with E-state index in [4.69, 9.17) is 5.26 Å². The van der Waals surface area contributed by atoms with Gasteiger partial charge in [-0.3, -0.25) is 4.79 Å². The largest absolute Gasteiger partial charge is 0.392 e. The molecule has 1 saturated heterocycles. The highest BCUT2D eigenvalue weighted by atomic mass is 16.3. The second kappa shape index (κ2) is 7.21. The molecule has 1 aromatic rings. The van der Waals surface area contributed by atoms with E-state index in [1.54, 1.807) is 12.1 Å². The Kier molecular flexibility index (Phi) is 5.32. The molecule has 21 heavy (non-hydrogen) atoms. The highest BCUT2D eigenvalue weighted by Crippen LogP contribution is 2.13. The van der Waals surface area contributed by atoms with Crippen LogP contribution in [0.1, 0.15) is 30.9 Å². The van der Waals surface area contributed by atoms with E-state index in [9.17, 15) is 9.90 Å². The van der Waals surface area contributed by atoms with Crippen LogP contribution in [-0.2, 0) is 11.3 Å². The first-order valence-corrected chi connectivity index (χ1v) is 7.33. The Hall–Kier alpha value is -1.90. The minimum absolute atomic E-state index is 0.0396. The van der Waals surface area contributed by atoms with Crippen LogP contribution in [0.2, 0.25) is 0 Å². The van der Waals surface area contributed by atoms with Crippen LogP contribution in [0.3, 0.4) is 0 Å². The number of nitrogens with one attached hydrogen (secondary N) is 1. The van der Waals surface area contributed by atoms with Gasteiger partial charge in [-0.15, -0.1) is 0 Å². The van der Waals surface area contributed by atoms with Gasteiger partial charge in [0.05, 0.1) is 23.8 Å². The van der Waals surface area contributed by atoms with Gasteiger partial charge in [0.25, 0.3) is 0 Å². The number of β-amino-alcohol motifs (C(OH)–C–C–N with tert-alkyl or cyclic N) is 1. The molecule has 0 radical (unpaired) electrons. The van der Waals surface area contributed by atoms with Crippen molar-refractivity contribution in [1.29, 1.82) is 5.26 Å². The van der Waals surface area contributed by atoms with Crippen LogP contribution in [0.5, 0.6) is 0 Å². The summed E-state index contributed by atoms with van der Waals surface area (Å²) in [5.74, 6) is 0.0396. The van der Waals surface area contributed by atoms with Gasteiger partial charge in [0.15, 0.2) is 0 Å². The average Bonchev–Trinajstić information content (AvgIpc) is 2.93. The molecule has 0 aliphatic carbocycles. The van der Waals surface area contributed by atoms with Gasteiger partial charge in [0, 0.05) is 19.6 Å². The number of nitriles is 1. The molecule has 5 heteroatoms. The molecule has 2 unspecified atom stereocenters. The first-order valence-electron chi connectivity index (χ1n) is 7.33. The molecule has 2 rings (SSSR count). The van der Waals surface area contributed by atoms with Crippen molar-refractivity contribution < 1.29 is 9.90 Å². The maximum absolute atomic E-state index is 12.5. The van der Waals surface area contributed by atoms with Crippen molar-refractivity contribution in [2.24, 2.45) is 0 Å². The molecule has 1 aromatic carbocycles. The second-order valence-electron chi connectivity index (χ2n) is 5.42. The Morgan fingerprint density at radius 3 is 2.71 bits per heavy atom. The Labute approximate surface area is 125 Å². The fourth-order valence-corrected chi connectivity index (χ4v) is 2.57. The van der Waals surface area contributed by atoms with E-state index in [2.05, 4.69) is 11.4 Å². The van der Waals surface area contributed by atoms with Crippen molar-refractivity contribution in [2.75, 3.05) is 13.1 Å². The van der Waals surface area contributed by atoms with Crippen LogP contribution in [0.25, 0.3) is 0 Å². The number of benzene rings is 1. The first kappa shape index (κ1) is 15.5. The third kappa shape index (κ3) is 4.03. The maximum Gasteiger partial charge on any atom is 0.240 e. The lowest BCUT2D eigenvalue weighted by molar-refractivity contribution is -0.133. The number of hydrogen-bond donors (Lipinski definition) is 2. The average molecular weight is 287 g/mol. The zero-order valence-corrected chi connectivity index (χ0v) is 12.2. The molecule has 0 aromatic heterocycles. The fraction of sp³-hybridized carbons (Fsp3) is 0.500. The molecule has 2 atom stereocenters. The highest BCUT2D eigenvalue weighted by Gasteiger charge is 2.31. The third-order valence-electron chi connectivity index (χ3n) is 3.67. The van der Waals surface area contributed by atoms with Gasteiger partial charge in [0.2, 0.25) is 5.91 Å². The number of aliphatic hydroxyl groups is 1. The number of hydrogen-bond acceptors (Lipinski definition) is 4. The minimum Gasteiger partial charge on any atom is -0.392 e. The van der Waals surface area contributed by atoms with Crippen molar-refractivity contribution in [3.8, 4) is 6.07 Å². The van der Waals surface area contributed by atoms with E-state index in [1.165, 1.54) is 0 Å². The van der Waals surface area contributed by atoms with Crippen LogP contribution < -0.4 is 5.32 Å². The molecular formula is C16H21N3O2. The summed E-state index contributed by atoms with van der Waals surface area (Å²) in [6.07, 6.45) is 0.932. The van der Waals surface area contributed by atoms with E-state index in [0.717, 1.165) is 12.0 Å². The number of aliphatic hydroxyl groups excluding tert-OH is 1. The summed E-state index contributed by atoms with van der Waals surface area (Å²) in [6.45, 7) is 3.74. The van der Waals surface area contributed by atoms with Gasteiger partial charge in [-0.2, -0.15) is 5.26 Å². The Balaban J connectivity index is 2.04. The summed E-state index contributed by atoms with van der Waals surface area (Å²) in [7, 11) is 0. The third-order valence-corrected chi connectivity index (χ3v) is 3.67. The maximum atomic E-state index is 12.5. The quantitative estimate of drug-likeness (QED) is 0.847. The molecule has 1 heterocycles. The van der Waals surface area contributed by atoms with Gasteiger partial charge >= 0.3 is 0 Å². The monoisotopic (exact) mass is 287 g/mol. The standard InChI is InChI=1S/C16H21N3O2/c1-2-7-19(16(21)15-8-14(20)10-18-15)11-13-5-3-12(9-17)4-6-13/h3-6,14-15,18,20H,2,7-8,10-11H2,1H3. The molecule has 1 aliphatic heterocycles. The van der Waals surface area contributed by atoms with E-state index >= 15 is 0 Å². The van der Waals surface area contributed by atoms with Gasteiger partial charge in [0.1, 0.15) is 0 Å². The summed E-state index contributed by atoms with van der Waals surface area (Å²) in [5.41, 5.74) is 1.63. The predicted molar refractivity (Wildman–Crippen MR) is 79.3 cm³/mol. The van der Waals surface area contributed by atoms with E-state index < -0.39 is 6.10 Å². The molecular weight excluding hydrogens is 266 g/mol. The molecule has 0 bridgehead atoms. The van der Waals surface area contributed by atoms with Crippen molar-refractivity contribution in [1.82, 2.24) is 10.2 Å². The van der Waals surface area contributed by atoms with Gasteiger partial charge in [-0.1, -0.05) is 19.1 Å². The number of amides is 1. The lowest BCUT2D eigenvalue weighted by Gasteiger charge is -2.25. The number of carbonyl (C=O) groups is 1. The van der Waals surface area contributed by atoms with Crippen LogP contribution in [0, 0.1) is 11.3 Å². The SMILES string of the molecule is CCCN(Cc1ccc(C#N)cc1)C(=O)C1CC(O)CN1. The summed E-state index contributed by atoms with van der Waals surface area (Å²) in [4.78, 5) is 14.3.